The second kappa shape index (κ2) is 3.65. The van der Waals surface area contributed by atoms with Crippen LogP contribution in [0.3, 0.4) is 0 Å². The highest BCUT2D eigenvalue weighted by molar-refractivity contribution is 5.88. The molecule has 0 amide bonds. The predicted octanol–water partition coefficient (Wildman–Crippen LogP) is 1.88. The number of pyridine rings is 1. The van der Waals surface area contributed by atoms with Gasteiger partial charge in [-0.1, -0.05) is 0 Å². The van der Waals surface area contributed by atoms with Crippen molar-refractivity contribution in [1.29, 1.82) is 0 Å². The van der Waals surface area contributed by atoms with E-state index in [1.165, 1.54) is 0 Å². The van der Waals surface area contributed by atoms with E-state index in [9.17, 15) is 0 Å². The Hall–Kier alpha value is -1.58. The number of anilines is 1. The Morgan fingerprint density at radius 3 is 3.00 bits per heavy atom. The molecule has 0 unspecified atom stereocenters. The van der Waals surface area contributed by atoms with Gasteiger partial charge in [0.1, 0.15) is 0 Å². The van der Waals surface area contributed by atoms with E-state index in [0.717, 1.165) is 29.8 Å². The summed E-state index contributed by atoms with van der Waals surface area (Å²) < 4.78 is 1.90. The molecule has 2 heterocycles. The van der Waals surface area contributed by atoms with Gasteiger partial charge in [-0.05, 0) is 19.9 Å². The van der Waals surface area contributed by atoms with E-state index in [0.29, 0.717) is 0 Å². The Kier molecular flexibility index (Phi) is 2.35. The Balaban J connectivity index is 2.58. The molecular weight excluding hydrogens is 176 g/mol. The molecule has 4 nitrogen and oxygen atoms in total. The maximum Gasteiger partial charge on any atom is 0.159 e. The quantitative estimate of drug-likeness (QED) is 0.803. The van der Waals surface area contributed by atoms with Crippen LogP contribution in [-0.2, 0) is 6.54 Å². The SMILES string of the molecule is CCNc1ccnc2c1cnn2CC. The summed E-state index contributed by atoms with van der Waals surface area (Å²) in [6.07, 6.45) is 3.68. The van der Waals surface area contributed by atoms with Crippen LogP contribution in [0.1, 0.15) is 13.8 Å². The molecule has 0 saturated carbocycles. The van der Waals surface area contributed by atoms with Gasteiger partial charge in [0, 0.05) is 25.0 Å². The zero-order chi connectivity index (χ0) is 9.97. The van der Waals surface area contributed by atoms with Crippen LogP contribution in [0.25, 0.3) is 11.0 Å². The molecule has 74 valence electrons. The molecule has 0 bridgehead atoms. The van der Waals surface area contributed by atoms with E-state index >= 15 is 0 Å². The Morgan fingerprint density at radius 2 is 2.29 bits per heavy atom. The average Bonchev–Trinajstić information content (AvgIpc) is 2.62. The Bertz CT molecular complexity index is 433. The van der Waals surface area contributed by atoms with Crippen molar-refractivity contribution in [3.8, 4) is 0 Å². The number of hydrogen-bond donors (Lipinski definition) is 1. The lowest BCUT2D eigenvalue weighted by Gasteiger charge is -2.03. The topological polar surface area (TPSA) is 42.7 Å². The normalized spacial score (nSPS) is 10.7. The zero-order valence-corrected chi connectivity index (χ0v) is 8.49. The Labute approximate surface area is 82.9 Å². The second-order valence-electron chi connectivity index (χ2n) is 3.09. The van der Waals surface area contributed by atoms with Gasteiger partial charge in [0.15, 0.2) is 5.65 Å². The molecule has 2 aromatic heterocycles. The predicted molar refractivity (Wildman–Crippen MR) is 57.4 cm³/mol. The van der Waals surface area contributed by atoms with Gasteiger partial charge in [-0.25, -0.2) is 9.67 Å². The van der Waals surface area contributed by atoms with Crippen molar-refractivity contribution in [2.24, 2.45) is 0 Å². The van der Waals surface area contributed by atoms with Gasteiger partial charge in [-0.15, -0.1) is 0 Å². The first-order valence-electron chi connectivity index (χ1n) is 4.91. The molecule has 2 rings (SSSR count). The minimum absolute atomic E-state index is 0.853. The molecule has 0 spiro atoms. The molecule has 0 aromatic carbocycles. The summed E-state index contributed by atoms with van der Waals surface area (Å²) in [7, 11) is 0. The summed E-state index contributed by atoms with van der Waals surface area (Å²) >= 11 is 0. The first-order valence-corrected chi connectivity index (χ1v) is 4.91. The Morgan fingerprint density at radius 1 is 1.43 bits per heavy atom. The van der Waals surface area contributed by atoms with Crippen molar-refractivity contribution in [1.82, 2.24) is 14.8 Å². The van der Waals surface area contributed by atoms with Crippen LogP contribution in [0.15, 0.2) is 18.5 Å². The second-order valence-corrected chi connectivity index (χ2v) is 3.09. The standard InChI is InChI=1S/C10H14N4/c1-3-11-9-5-6-12-10-8(9)7-13-14(10)4-2/h5-7H,3-4H2,1-2H3,(H,11,12). The van der Waals surface area contributed by atoms with Crippen molar-refractivity contribution in [3.63, 3.8) is 0 Å². The number of nitrogens with one attached hydrogen (secondary N) is 1. The third-order valence-electron chi connectivity index (χ3n) is 2.21. The summed E-state index contributed by atoms with van der Waals surface area (Å²) in [5.41, 5.74) is 2.06. The maximum absolute atomic E-state index is 4.32. The van der Waals surface area contributed by atoms with Crippen molar-refractivity contribution in [3.05, 3.63) is 18.5 Å². The average molecular weight is 190 g/mol. The van der Waals surface area contributed by atoms with E-state index in [1.54, 1.807) is 0 Å². The van der Waals surface area contributed by atoms with Crippen LogP contribution >= 0.6 is 0 Å². The van der Waals surface area contributed by atoms with Gasteiger partial charge >= 0.3 is 0 Å². The van der Waals surface area contributed by atoms with Gasteiger partial charge in [-0.3, -0.25) is 0 Å². The highest BCUT2D eigenvalue weighted by atomic mass is 15.3. The number of nitrogens with zero attached hydrogens (tertiary/aromatic N) is 3. The molecule has 0 saturated heterocycles. The van der Waals surface area contributed by atoms with E-state index in [1.807, 2.05) is 23.1 Å². The van der Waals surface area contributed by atoms with Crippen LogP contribution in [0.2, 0.25) is 0 Å². The molecule has 2 aromatic rings. The maximum atomic E-state index is 4.32. The smallest absolute Gasteiger partial charge is 0.159 e. The third-order valence-corrected chi connectivity index (χ3v) is 2.21. The fraction of sp³-hybridized carbons (Fsp3) is 0.400. The lowest BCUT2D eigenvalue weighted by atomic mass is 10.3. The van der Waals surface area contributed by atoms with Gasteiger partial charge in [0.05, 0.1) is 11.6 Å². The van der Waals surface area contributed by atoms with Crippen molar-refractivity contribution in [2.45, 2.75) is 20.4 Å². The highest BCUT2D eigenvalue weighted by Gasteiger charge is 2.05. The minimum Gasteiger partial charge on any atom is -0.385 e. The molecule has 14 heavy (non-hydrogen) atoms. The number of rotatable bonds is 3. The molecule has 4 heteroatoms. The largest absolute Gasteiger partial charge is 0.385 e. The fourth-order valence-electron chi connectivity index (χ4n) is 1.55. The lowest BCUT2D eigenvalue weighted by Crippen LogP contribution is -1.99. The van der Waals surface area contributed by atoms with Crippen molar-refractivity contribution >= 4 is 16.7 Å². The number of aromatic nitrogens is 3. The summed E-state index contributed by atoms with van der Waals surface area (Å²) in [6, 6.07) is 1.98. The molecule has 0 aliphatic heterocycles. The van der Waals surface area contributed by atoms with Crippen molar-refractivity contribution in [2.75, 3.05) is 11.9 Å². The molecule has 0 fully saturated rings. The zero-order valence-electron chi connectivity index (χ0n) is 8.49. The molecular formula is C10H14N4. The molecule has 0 atom stereocenters. The summed E-state index contributed by atoms with van der Waals surface area (Å²) in [4.78, 5) is 4.32. The van der Waals surface area contributed by atoms with Crippen LogP contribution in [0.4, 0.5) is 5.69 Å². The first kappa shape index (κ1) is 8.99. The lowest BCUT2D eigenvalue weighted by molar-refractivity contribution is 0.677. The molecule has 0 aliphatic rings. The van der Waals surface area contributed by atoms with Crippen LogP contribution in [0, 0.1) is 0 Å². The number of fused-ring (bicyclic) bond motifs is 1. The molecule has 0 radical (unpaired) electrons. The highest BCUT2D eigenvalue weighted by Crippen LogP contribution is 2.20. The van der Waals surface area contributed by atoms with Crippen LogP contribution < -0.4 is 5.32 Å². The molecule has 1 N–H and O–H groups in total. The van der Waals surface area contributed by atoms with Gasteiger partial charge in [-0.2, -0.15) is 5.10 Å². The van der Waals surface area contributed by atoms with Crippen LogP contribution in [-0.4, -0.2) is 21.3 Å². The molecule has 0 aliphatic carbocycles. The summed E-state index contributed by atoms with van der Waals surface area (Å²) in [5.74, 6) is 0. The first-order chi connectivity index (χ1) is 6.86. The van der Waals surface area contributed by atoms with Crippen LogP contribution in [0.5, 0.6) is 0 Å². The number of hydrogen-bond acceptors (Lipinski definition) is 3. The van der Waals surface area contributed by atoms with Gasteiger partial charge in [0.2, 0.25) is 0 Å². The summed E-state index contributed by atoms with van der Waals surface area (Å²) in [6.45, 7) is 5.91. The van der Waals surface area contributed by atoms with Gasteiger partial charge in [0.25, 0.3) is 0 Å². The monoisotopic (exact) mass is 190 g/mol. The van der Waals surface area contributed by atoms with Crippen molar-refractivity contribution < 1.29 is 0 Å². The van der Waals surface area contributed by atoms with E-state index in [2.05, 4.69) is 29.2 Å². The fourth-order valence-corrected chi connectivity index (χ4v) is 1.55. The van der Waals surface area contributed by atoms with Gasteiger partial charge < -0.3 is 5.32 Å². The van der Waals surface area contributed by atoms with E-state index < -0.39 is 0 Å². The van der Waals surface area contributed by atoms with E-state index in [4.69, 9.17) is 0 Å². The minimum atomic E-state index is 0.853. The summed E-state index contributed by atoms with van der Waals surface area (Å²) in [5, 5.41) is 8.66. The number of aryl methyl sites for hydroxylation is 1. The van der Waals surface area contributed by atoms with E-state index in [-0.39, 0.29) is 0 Å². The third kappa shape index (κ3) is 1.32.